The number of carbonyl (C=O) groups is 1. The smallest absolute Gasteiger partial charge is 0.226 e. The predicted molar refractivity (Wildman–Crippen MR) is 91.3 cm³/mol. The molecule has 0 radical (unpaired) electrons. The van der Waals surface area contributed by atoms with Gasteiger partial charge >= 0.3 is 0 Å². The minimum absolute atomic E-state index is 0.0289. The molecule has 6 heteroatoms. The van der Waals surface area contributed by atoms with E-state index in [4.69, 9.17) is 4.74 Å². The third kappa shape index (κ3) is 3.59. The molecular formula is C17H27N3O2S. The summed E-state index contributed by atoms with van der Waals surface area (Å²) in [6, 6.07) is 0. The number of ether oxygens (including phenoxy) is 1. The first-order chi connectivity index (χ1) is 11.1. The zero-order chi connectivity index (χ0) is 16.4. The summed E-state index contributed by atoms with van der Waals surface area (Å²) >= 11 is 1.61. The fourth-order valence-corrected chi connectivity index (χ4v) is 4.48. The molecule has 1 aliphatic carbocycles. The molecule has 1 spiro atoms. The number of amides is 1. The maximum Gasteiger partial charge on any atom is 0.226 e. The average Bonchev–Trinajstić information content (AvgIpc) is 3.02. The topological polar surface area (TPSA) is 54.5 Å². The number of thiazole rings is 1. The normalized spacial score (nSPS) is 23.7. The molecule has 2 atom stereocenters. The van der Waals surface area contributed by atoms with Crippen molar-refractivity contribution >= 4 is 17.2 Å². The summed E-state index contributed by atoms with van der Waals surface area (Å²) in [5.41, 5.74) is 1.26. The molecule has 0 aromatic carbocycles. The van der Waals surface area contributed by atoms with Crippen LogP contribution in [0.1, 0.15) is 49.9 Å². The van der Waals surface area contributed by atoms with Crippen LogP contribution in [0.2, 0.25) is 0 Å². The van der Waals surface area contributed by atoms with Crippen LogP contribution >= 0.6 is 11.3 Å². The summed E-state index contributed by atoms with van der Waals surface area (Å²) in [6.45, 7) is 7.40. The Balaban J connectivity index is 1.55. The molecule has 0 bridgehead atoms. The number of nitrogens with one attached hydrogen (secondary N) is 1. The van der Waals surface area contributed by atoms with E-state index in [-0.39, 0.29) is 12.0 Å². The lowest BCUT2D eigenvalue weighted by molar-refractivity contribution is -0.132. The van der Waals surface area contributed by atoms with Crippen molar-refractivity contribution in [1.29, 1.82) is 0 Å². The second kappa shape index (κ2) is 6.87. The minimum Gasteiger partial charge on any atom is -0.372 e. The van der Waals surface area contributed by atoms with Gasteiger partial charge in [-0.2, -0.15) is 0 Å². The van der Waals surface area contributed by atoms with E-state index < -0.39 is 0 Å². The summed E-state index contributed by atoms with van der Waals surface area (Å²) in [5.74, 6) is 0.523. The van der Waals surface area contributed by atoms with E-state index in [9.17, 15) is 4.79 Å². The Morgan fingerprint density at radius 1 is 1.57 bits per heavy atom. The fraction of sp³-hybridized carbons (Fsp3) is 0.765. The van der Waals surface area contributed by atoms with Crippen LogP contribution in [0.25, 0.3) is 0 Å². The molecule has 1 saturated heterocycles. The Kier molecular flexibility index (Phi) is 5.04. The zero-order valence-corrected chi connectivity index (χ0v) is 15.1. The quantitative estimate of drug-likeness (QED) is 0.867. The van der Waals surface area contributed by atoms with Crippen molar-refractivity contribution in [2.75, 3.05) is 26.7 Å². The van der Waals surface area contributed by atoms with Crippen molar-refractivity contribution < 1.29 is 9.53 Å². The fourth-order valence-electron chi connectivity index (χ4n) is 3.66. The molecule has 1 aromatic heterocycles. The van der Waals surface area contributed by atoms with E-state index in [0.717, 1.165) is 43.1 Å². The zero-order valence-electron chi connectivity index (χ0n) is 14.3. The standard InChI is InChI=1S/C17H27N3O2S/c1-4-22-12(2)15-19-13(11-23-15)10-20(3)16(21)14-9-17(14)5-7-18-8-6-17/h11-12,14,18H,4-10H2,1-3H3. The molecule has 128 valence electrons. The molecule has 3 rings (SSSR count). The van der Waals surface area contributed by atoms with E-state index in [1.807, 2.05) is 31.2 Å². The van der Waals surface area contributed by atoms with Gasteiger partial charge in [0.2, 0.25) is 5.91 Å². The van der Waals surface area contributed by atoms with Crippen molar-refractivity contribution in [3.8, 4) is 0 Å². The van der Waals surface area contributed by atoms with Crippen LogP contribution < -0.4 is 5.32 Å². The second-order valence-corrected chi connectivity index (χ2v) is 7.73. The van der Waals surface area contributed by atoms with Crippen LogP contribution in [0.5, 0.6) is 0 Å². The van der Waals surface area contributed by atoms with Crippen LogP contribution in [-0.4, -0.2) is 42.5 Å². The predicted octanol–water partition coefficient (Wildman–Crippen LogP) is 2.59. The number of piperidine rings is 1. The molecule has 1 amide bonds. The number of hydrogen-bond acceptors (Lipinski definition) is 5. The molecule has 2 aliphatic rings. The lowest BCUT2D eigenvalue weighted by Crippen LogP contribution is -2.34. The molecule has 2 unspecified atom stereocenters. The summed E-state index contributed by atoms with van der Waals surface area (Å²) in [5, 5.41) is 6.42. The van der Waals surface area contributed by atoms with Gasteiger partial charge < -0.3 is 15.0 Å². The maximum absolute atomic E-state index is 12.7. The molecule has 2 fully saturated rings. The first kappa shape index (κ1) is 16.9. The van der Waals surface area contributed by atoms with Gasteiger partial charge in [0.1, 0.15) is 11.1 Å². The number of nitrogens with zero attached hydrogens (tertiary/aromatic N) is 2. The Bertz CT molecular complexity index is 554. The van der Waals surface area contributed by atoms with Crippen LogP contribution in [0, 0.1) is 11.3 Å². The van der Waals surface area contributed by atoms with E-state index >= 15 is 0 Å². The molecule has 1 aliphatic heterocycles. The van der Waals surface area contributed by atoms with Gasteiger partial charge in [-0.1, -0.05) is 0 Å². The van der Waals surface area contributed by atoms with Crippen LogP contribution in [-0.2, 0) is 16.1 Å². The van der Waals surface area contributed by atoms with Crippen LogP contribution in [0.3, 0.4) is 0 Å². The lowest BCUT2D eigenvalue weighted by Gasteiger charge is -2.25. The van der Waals surface area contributed by atoms with Crippen molar-refractivity contribution in [2.45, 2.75) is 45.8 Å². The van der Waals surface area contributed by atoms with Crippen molar-refractivity contribution in [1.82, 2.24) is 15.2 Å². The van der Waals surface area contributed by atoms with Gasteiger partial charge in [-0.15, -0.1) is 11.3 Å². The van der Waals surface area contributed by atoms with Gasteiger partial charge in [0, 0.05) is 25.0 Å². The van der Waals surface area contributed by atoms with Gasteiger partial charge in [0.25, 0.3) is 0 Å². The van der Waals surface area contributed by atoms with Gasteiger partial charge in [0.05, 0.1) is 12.2 Å². The molecule has 1 aromatic rings. The Morgan fingerprint density at radius 3 is 3.00 bits per heavy atom. The summed E-state index contributed by atoms with van der Waals surface area (Å²) in [7, 11) is 1.90. The van der Waals surface area contributed by atoms with Gasteiger partial charge in [-0.3, -0.25) is 4.79 Å². The van der Waals surface area contributed by atoms with Gasteiger partial charge in [0.15, 0.2) is 0 Å². The summed E-state index contributed by atoms with van der Waals surface area (Å²) < 4.78 is 5.58. The Hall–Kier alpha value is -0.980. The van der Waals surface area contributed by atoms with Gasteiger partial charge in [-0.25, -0.2) is 4.98 Å². The van der Waals surface area contributed by atoms with E-state index in [2.05, 4.69) is 10.3 Å². The molecule has 1 N–H and O–H groups in total. The highest BCUT2D eigenvalue weighted by atomic mass is 32.1. The largest absolute Gasteiger partial charge is 0.372 e. The molecule has 1 saturated carbocycles. The highest BCUT2D eigenvalue weighted by Crippen LogP contribution is 2.59. The monoisotopic (exact) mass is 337 g/mol. The average molecular weight is 337 g/mol. The number of carbonyl (C=O) groups excluding carboxylic acids is 1. The van der Waals surface area contributed by atoms with Crippen LogP contribution in [0.4, 0.5) is 0 Å². The highest BCUT2D eigenvalue weighted by Gasteiger charge is 2.58. The molecule has 5 nitrogen and oxygen atoms in total. The Morgan fingerprint density at radius 2 is 2.30 bits per heavy atom. The van der Waals surface area contributed by atoms with Crippen molar-refractivity contribution in [3.63, 3.8) is 0 Å². The van der Waals surface area contributed by atoms with Gasteiger partial charge in [-0.05, 0) is 51.6 Å². The van der Waals surface area contributed by atoms with Crippen molar-refractivity contribution in [2.24, 2.45) is 11.3 Å². The third-order valence-electron chi connectivity index (χ3n) is 5.20. The molecule has 23 heavy (non-hydrogen) atoms. The Labute approximate surface area is 142 Å². The lowest BCUT2D eigenvalue weighted by atomic mass is 9.91. The summed E-state index contributed by atoms with van der Waals surface area (Å²) in [6.07, 6.45) is 3.39. The first-order valence-electron chi connectivity index (χ1n) is 8.57. The molecule has 2 heterocycles. The maximum atomic E-state index is 12.7. The van der Waals surface area contributed by atoms with E-state index in [0.29, 0.717) is 24.5 Å². The second-order valence-electron chi connectivity index (χ2n) is 6.84. The number of aromatic nitrogens is 1. The van der Waals surface area contributed by atoms with E-state index in [1.165, 1.54) is 0 Å². The van der Waals surface area contributed by atoms with Crippen LogP contribution in [0.15, 0.2) is 5.38 Å². The molecular weight excluding hydrogens is 310 g/mol. The highest BCUT2D eigenvalue weighted by molar-refractivity contribution is 7.09. The number of hydrogen-bond donors (Lipinski definition) is 1. The van der Waals surface area contributed by atoms with E-state index in [1.54, 1.807) is 11.3 Å². The first-order valence-corrected chi connectivity index (χ1v) is 9.45. The summed E-state index contributed by atoms with van der Waals surface area (Å²) in [4.78, 5) is 19.2. The minimum atomic E-state index is 0.0289. The SMILES string of the molecule is CCOC(C)c1nc(CN(C)C(=O)C2CC23CCNCC3)cs1. The van der Waals surface area contributed by atoms with Crippen molar-refractivity contribution in [3.05, 3.63) is 16.1 Å². The third-order valence-corrected chi connectivity index (χ3v) is 6.25. The number of rotatable bonds is 6.